The lowest BCUT2D eigenvalue weighted by atomic mass is 10.5. The number of rotatable bonds is 0. The van der Waals surface area contributed by atoms with Crippen molar-refractivity contribution in [3.8, 4) is 0 Å². The Morgan fingerprint density at radius 3 is 3.00 bits per heavy atom. The third-order valence-electron chi connectivity index (χ3n) is 0.721. The smallest absolute Gasteiger partial charge is 0.196 e. The summed E-state index contributed by atoms with van der Waals surface area (Å²) in [5.74, 6) is -0.297. The minimum Gasteiger partial charge on any atom is -0.354 e. The molecule has 1 N–H and O–H groups in total. The molecule has 0 fully saturated rings. The largest absolute Gasteiger partial charge is 0.354 e. The van der Waals surface area contributed by atoms with E-state index in [2.05, 4.69) is 10.3 Å². The van der Waals surface area contributed by atoms with Crippen LogP contribution in [0.15, 0.2) is 17.0 Å². The maximum Gasteiger partial charge on any atom is 0.196 e. The zero-order chi connectivity index (χ0) is 5.98. The second kappa shape index (κ2) is 2.13. The summed E-state index contributed by atoms with van der Waals surface area (Å²) in [6.07, 6.45) is 1.10. The Balaban J connectivity index is 2.65. The Labute approximate surface area is 51.1 Å². The predicted molar refractivity (Wildman–Crippen MR) is 30.5 cm³/mol. The molecule has 0 aromatic heterocycles. The van der Waals surface area contributed by atoms with Gasteiger partial charge in [-0.15, -0.1) is 0 Å². The summed E-state index contributed by atoms with van der Waals surface area (Å²) in [6, 6.07) is 0. The molecule has 0 amide bonds. The van der Waals surface area contributed by atoms with Crippen molar-refractivity contribution in [3.63, 3.8) is 0 Å². The van der Waals surface area contributed by atoms with E-state index in [1.165, 1.54) is 0 Å². The molecule has 0 aromatic rings. The molecule has 0 bridgehead atoms. The van der Waals surface area contributed by atoms with Crippen LogP contribution in [0.2, 0.25) is 0 Å². The molecule has 4 heteroatoms. The van der Waals surface area contributed by atoms with Gasteiger partial charge in [-0.3, -0.25) is 0 Å². The second-order valence-corrected chi connectivity index (χ2v) is 1.71. The molecule has 2 nitrogen and oxygen atoms in total. The van der Waals surface area contributed by atoms with Crippen LogP contribution in [0.4, 0.5) is 4.39 Å². The molecule has 0 saturated carbocycles. The van der Waals surface area contributed by atoms with Gasteiger partial charge in [0.2, 0.25) is 0 Å². The van der Waals surface area contributed by atoms with Crippen LogP contribution in [0.25, 0.3) is 0 Å². The van der Waals surface area contributed by atoms with Crippen LogP contribution in [0, 0.1) is 0 Å². The lowest BCUT2D eigenvalue weighted by Crippen LogP contribution is -2.22. The number of nitrogens with one attached hydrogen (secondary N) is 1. The third-order valence-corrected chi connectivity index (χ3v) is 0.952. The SMILES string of the molecule is FC1=CN=C(Cl)NC1. The minimum atomic E-state index is -0.297. The molecular weight excluding hydrogens is 131 g/mol. The summed E-state index contributed by atoms with van der Waals surface area (Å²) in [7, 11) is 0. The van der Waals surface area contributed by atoms with Gasteiger partial charge in [0.15, 0.2) is 5.29 Å². The monoisotopic (exact) mass is 134 g/mol. The average Bonchev–Trinajstić information content (AvgIpc) is 1.77. The van der Waals surface area contributed by atoms with E-state index in [1.807, 2.05) is 0 Å². The zero-order valence-electron chi connectivity index (χ0n) is 3.99. The molecule has 1 aliphatic heterocycles. The number of aliphatic imine (C=N–C) groups is 1. The molecule has 8 heavy (non-hydrogen) atoms. The topological polar surface area (TPSA) is 24.4 Å². The third kappa shape index (κ3) is 1.20. The van der Waals surface area contributed by atoms with E-state index in [9.17, 15) is 4.39 Å². The van der Waals surface area contributed by atoms with Crippen LogP contribution in [0.1, 0.15) is 0 Å². The van der Waals surface area contributed by atoms with Crippen LogP contribution in [0.3, 0.4) is 0 Å². The highest BCUT2D eigenvalue weighted by Gasteiger charge is 2.00. The van der Waals surface area contributed by atoms with E-state index >= 15 is 0 Å². The lowest BCUT2D eigenvalue weighted by molar-refractivity contribution is 0.597. The van der Waals surface area contributed by atoms with Crippen LogP contribution in [-0.2, 0) is 0 Å². The van der Waals surface area contributed by atoms with Crippen molar-refractivity contribution in [2.75, 3.05) is 6.54 Å². The number of halogens is 2. The van der Waals surface area contributed by atoms with Crippen LogP contribution < -0.4 is 5.32 Å². The summed E-state index contributed by atoms with van der Waals surface area (Å²) in [5, 5.41) is 2.75. The Hall–Kier alpha value is -0.570. The van der Waals surface area contributed by atoms with Crippen LogP contribution >= 0.6 is 11.6 Å². The van der Waals surface area contributed by atoms with E-state index in [1.54, 1.807) is 0 Å². The Morgan fingerprint density at radius 2 is 2.62 bits per heavy atom. The first-order valence-electron chi connectivity index (χ1n) is 2.11. The molecule has 0 aliphatic carbocycles. The van der Waals surface area contributed by atoms with E-state index in [-0.39, 0.29) is 17.7 Å². The number of hydrogen-bond donors (Lipinski definition) is 1. The van der Waals surface area contributed by atoms with Crippen LogP contribution in [0.5, 0.6) is 0 Å². The Morgan fingerprint density at radius 1 is 1.88 bits per heavy atom. The summed E-state index contributed by atoms with van der Waals surface area (Å²) < 4.78 is 12.0. The first kappa shape index (κ1) is 5.56. The number of amidine groups is 1. The highest BCUT2D eigenvalue weighted by molar-refractivity contribution is 6.64. The fourth-order valence-corrected chi connectivity index (χ4v) is 0.491. The van der Waals surface area contributed by atoms with Gasteiger partial charge in [0.25, 0.3) is 0 Å². The van der Waals surface area contributed by atoms with Crippen molar-refractivity contribution < 1.29 is 4.39 Å². The molecule has 0 saturated heterocycles. The maximum atomic E-state index is 12.0. The summed E-state index contributed by atoms with van der Waals surface area (Å²) in [5.41, 5.74) is 0. The first-order valence-corrected chi connectivity index (χ1v) is 2.48. The molecular formula is C4H4ClFN2. The summed E-state index contributed by atoms with van der Waals surface area (Å²) in [4.78, 5) is 3.44. The van der Waals surface area contributed by atoms with Gasteiger partial charge in [-0.2, -0.15) is 0 Å². The first-order chi connectivity index (χ1) is 3.79. The summed E-state index contributed by atoms with van der Waals surface area (Å²) >= 11 is 5.31. The van der Waals surface area contributed by atoms with Crippen LogP contribution in [-0.4, -0.2) is 11.8 Å². The van der Waals surface area contributed by atoms with Crippen molar-refractivity contribution in [2.24, 2.45) is 4.99 Å². The maximum absolute atomic E-state index is 12.0. The molecule has 0 atom stereocenters. The molecule has 0 aromatic carbocycles. The van der Waals surface area contributed by atoms with Gasteiger partial charge >= 0.3 is 0 Å². The van der Waals surface area contributed by atoms with Crippen molar-refractivity contribution >= 4 is 16.9 Å². The van der Waals surface area contributed by atoms with E-state index in [4.69, 9.17) is 11.6 Å². The molecule has 0 spiro atoms. The summed E-state index contributed by atoms with van der Waals surface area (Å²) in [6.45, 7) is 0.155. The number of hydrogen-bond acceptors (Lipinski definition) is 2. The highest BCUT2D eigenvalue weighted by Crippen LogP contribution is 2.00. The normalized spacial score (nSPS) is 18.8. The van der Waals surface area contributed by atoms with Crippen molar-refractivity contribution in [1.29, 1.82) is 0 Å². The number of nitrogens with zero attached hydrogens (tertiary/aromatic N) is 1. The Kier molecular flexibility index (Phi) is 1.48. The molecule has 0 radical (unpaired) electrons. The van der Waals surface area contributed by atoms with Crippen molar-refractivity contribution in [2.45, 2.75) is 0 Å². The van der Waals surface area contributed by atoms with Gasteiger partial charge < -0.3 is 5.32 Å². The molecule has 0 unspecified atom stereocenters. The van der Waals surface area contributed by atoms with E-state index < -0.39 is 0 Å². The van der Waals surface area contributed by atoms with Gasteiger partial charge in [-0.25, -0.2) is 9.38 Å². The second-order valence-electron chi connectivity index (χ2n) is 1.35. The quantitative estimate of drug-likeness (QED) is 0.491. The molecule has 1 aliphatic rings. The van der Waals surface area contributed by atoms with Gasteiger partial charge in [0.05, 0.1) is 12.7 Å². The fourth-order valence-electron chi connectivity index (χ4n) is 0.375. The van der Waals surface area contributed by atoms with Gasteiger partial charge in [-0.05, 0) is 11.6 Å². The average molecular weight is 135 g/mol. The molecule has 1 rings (SSSR count). The van der Waals surface area contributed by atoms with E-state index in [0.717, 1.165) is 6.20 Å². The van der Waals surface area contributed by atoms with Crippen molar-refractivity contribution in [1.82, 2.24) is 5.32 Å². The van der Waals surface area contributed by atoms with Gasteiger partial charge in [0.1, 0.15) is 5.83 Å². The minimum absolute atomic E-state index is 0.155. The van der Waals surface area contributed by atoms with Crippen molar-refractivity contribution in [3.05, 3.63) is 12.0 Å². The van der Waals surface area contributed by atoms with Gasteiger partial charge in [-0.1, -0.05) is 0 Å². The fraction of sp³-hybridized carbons (Fsp3) is 0.250. The predicted octanol–water partition coefficient (Wildman–Crippen LogP) is 0.995. The lowest BCUT2D eigenvalue weighted by Gasteiger charge is -2.03. The molecule has 44 valence electrons. The van der Waals surface area contributed by atoms with E-state index in [0.29, 0.717) is 0 Å². The molecule has 1 heterocycles. The standard InChI is InChI=1S/C4H4ClFN2/c5-4-7-1-3(6)2-8-4/h1H,2H2,(H,7,8). The Bertz CT molecular complexity index is 134. The van der Waals surface area contributed by atoms with Gasteiger partial charge in [0, 0.05) is 0 Å². The zero-order valence-corrected chi connectivity index (χ0v) is 4.74. The highest BCUT2D eigenvalue weighted by atomic mass is 35.5.